The second-order valence-corrected chi connectivity index (χ2v) is 2.56. The summed E-state index contributed by atoms with van der Waals surface area (Å²) >= 11 is 0. The van der Waals surface area contributed by atoms with Gasteiger partial charge in [0.25, 0.3) is 11.8 Å². The Balaban J connectivity index is 3.06. The van der Waals surface area contributed by atoms with E-state index in [1.807, 2.05) is 0 Å². The maximum absolute atomic E-state index is 11.4. The fourth-order valence-electron chi connectivity index (χ4n) is 1.02. The normalized spacial score (nSPS) is 17.1. The second-order valence-electron chi connectivity index (χ2n) is 2.56. The summed E-state index contributed by atoms with van der Waals surface area (Å²) < 4.78 is 6.97. The molecule has 0 aliphatic carbocycles. The SMILES string of the molecule is [2H]CC1=C(C#N)C(=O)N(CC(=O)O)C1=O. The van der Waals surface area contributed by atoms with Gasteiger partial charge in [0.2, 0.25) is 0 Å². The Morgan fingerprint density at radius 1 is 1.64 bits per heavy atom. The van der Waals surface area contributed by atoms with Gasteiger partial charge >= 0.3 is 5.97 Å². The van der Waals surface area contributed by atoms with Gasteiger partial charge in [0.15, 0.2) is 0 Å². The van der Waals surface area contributed by atoms with E-state index in [2.05, 4.69) is 0 Å². The monoisotopic (exact) mass is 195 g/mol. The molecular formula is C8H6N2O4. The zero-order valence-electron chi connectivity index (χ0n) is 7.98. The fourth-order valence-corrected chi connectivity index (χ4v) is 1.02. The molecule has 1 heterocycles. The van der Waals surface area contributed by atoms with Crippen molar-refractivity contribution < 1.29 is 20.9 Å². The number of hydrogen-bond donors (Lipinski definition) is 1. The maximum atomic E-state index is 11.4. The minimum absolute atomic E-state index is 0.247. The van der Waals surface area contributed by atoms with Crippen LogP contribution in [0.15, 0.2) is 11.1 Å². The minimum Gasteiger partial charge on any atom is -0.480 e. The van der Waals surface area contributed by atoms with Crippen LogP contribution in [0.1, 0.15) is 8.27 Å². The number of nitriles is 1. The number of imide groups is 1. The number of carbonyl (C=O) groups is 3. The number of carboxylic acids is 1. The highest BCUT2D eigenvalue weighted by Gasteiger charge is 2.36. The molecule has 0 saturated carbocycles. The first-order chi connectivity index (χ1) is 7.02. The third-order valence-electron chi connectivity index (χ3n) is 1.67. The first kappa shape index (κ1) is 8.44. The largest absolute Gasteiger partial charge is 0.480 e. The van der Waals surface area contributed by atoms with Crippen molar-refractivity contribution in [2.75, 3.05) is 6.54 Å². The highest BCUT2D eigenvalue weighted by Crippen LogP contribution is 2.18. The topological polar surface area (TPSA) is 98.5 Å². The van der Waals surface area contributed by atoms with Gasteiger partial charge in [-0.25, -0.2) is 0 Å². The first-order valence-corrected chi connectivity index (χ1v) is 3.53. The average Bonchev–Trinajstić information content (AvgIpc) is 2.40. The van der Waals surface area contributed by atoms with Gasteiger partial charge in [0.1, 0.15) is 18.2 Å². The summed E-state index contributed by atoms with van der Waals surface area (Å²) in [5.41, 5.74) is -0.681. The van der Waals surface area contributed by atoms with Crippen molar-refractivity contribution in [3.8, 4) is 6.07 Å². The third-order valence-corrected chi connectivity index (χ3v) is 1.67. The number of rotatable bonds is 2. The van der Waals surface area contributed by atoms with Crippen LogP contribution >= 0.6 is 0 Å². The van der Waals surface area contributed by atoms with Crippen LogP contribution in [0.3, 0.4) is 0 Å². The summed E-state index contributed by atoms with van der Waals surface area (Å²) in [6.45, 7) is -1.30. The van der Waals surface area contributed by atoms with Gasteiger partial charge in [-0.2, -0.15) is 5.26 Å². The number of carbonyl (C=O) groups excluding carboxylic acids is 2. The van der Waals surface area contributed by atoms with Crippen LogP contribution < -0.4 is 0 Å². The van der Waals surface area contributed by atoms with E-state index in [-0.39, 0.29) is 5.57 Å². The van der Waals surface area contributed by atoms with Crippen LogP contribution in [0.4, 0.5) is 0 Å². The third kappa shape index (κ3) is 1.35. The number of carboxylic acid groups (broad SMARTS) is 1. The van der Waals surface area contributed by atoms with Gasteiger partial charge in [-0.15, -0.1) is 0 Å². The second kappa shape index (κ2) is 3.30. The maximum Gasteiger partial charge on any atom is 0.323 e. The van der Waals surface area contributed by atoms with Crippen molar-refractivity contribution >= 4 is 17.8 Å². The van der Waals surface area contributed by atoms with E-state index in [0.29, 0.717) is 4.90 Å². The molecule has 1 aliphatic rings. The van der Waals surface area contributed by atoms with Crippen LogP contribution in [0.25, 0.3) is 0 Å². The number of amides is 2. The highest BCUT2D eigenvalue weighted by molar-refractivity contribution is 6.21. The van der Waals surface area contributed by atoms with Crippen molar-refractivity contribution in [2.24, 2.45) is 0 Å². The minimum atomic E-state index is -1.35. The van der Waals surface area contributed by atoms with Gasteiger partial charge in [-0.3, -0.25) is 19.3 Å². The van der Waals surface area contributed by atoms with E-state index in [9.17, 15) is 14.4 Å². The molecule has 0 aromatic rings. The van der Waals surface area contributed by atoms with E-state index in [1.54, 1.807) is 0 Å². The van der Waals surface area contributed by atoms with E-state index in [0.717, 1.165) is 0 Å². The molecular weight excluding hydrogens is 188 g/mol. The van der Waals surface area contributed by atoms with Gasteiger partial charge < -0.3 is 5.11 Å². The predicted octanol–water partition coefficient (Wildman–Crippen LogP) is -0.720. The van der Waals surface area contributed by atoms with E-state index in [1.165, 1.54) is 6.07 Å². The summed E-state index contributed by atoms with van der Waals surface area (Å²) in [5.74, 6) is -3.15. The molecule has 0 radical (unpaired) electrons. The van der Waals surface area contributed by atoms with Crippen molar-refractivity contribution in [1.82, 2.24) is 4.90 Å². The molecule has 0 bridgehead atoms. The van der Waals surface area contributed by atoms with Crippen molar-refractivity contribution in [1.29, 1.82) is 5.26 Å². The van der Waals surface area contributed by atoms with Crippen LogP contribution in [0.5, 0.6) is 0 Å². The predicted molar refractivity (Wildman–Crippen MR) is 42.7 cm³/mol. The lowest BCUT2D eigenvalue weighted by Gasteiger charge is -2.10. The van der Waals surface area contributed by atoms with Crippen LogP contribution in [-0.4, -0.2) is 34.3 Å². The summed E-state index contributed by atoms with van der Waals surface area (Å²) in [7, 11) is 0. The van der Waals surface area contributed by atoms with Crippen LogP contribution in [0, 0.1) is 11.3 Å². The zero-order valence-corrected chi connectivity index (χ0v) is 6.98. The molecule has 1 aliphatic heterocycles. The molecule has 0 spiro atoms. The molecule has 2 amide bonds. The zero-order chi connectivity index (χ0) is 11.6. The van der Waals surface area contributed by atoms with Gasteiger partial charge in [-0.1, -0.05) is 0 Å². The molecule has 0 aromatic heterocycles. The highest BCUT2D eigenvalue weighted by atomic mass is 16.4. The molecule has 72 valence electrons. The Morgan fingerprint density at radius 2 is 2.29 bits per heavy atom. The molecule has 0 unspecified atom stereocenters. The molecule has 1 N–H and O–H groups in total. The first-order valence-electron chi connectivity index (χ1n) is 4.24. The Labute approximate surface area is 80.4 Å². The molecule has 6 heteroatoms. The van der Waals surface area contributed by atoms with E-state index < -0.39 is 36.8 Å². The van der Waals surface area contributed by atoms with Crippen LogP contribution in [0.2, 0.25) is 0 Å². The van der Waals surface area contributed by atoms with Gasteiger partial charge in [0.05, 0.1) is 0 Å². The molecule has 6 nitrogen and oxygen atoms in total. The lowest BCUT2D eigenvalue weighted by Crippen LogP contribution is -2.36. The van der Waals surface area contributed by atoms with E-state index >= 15 is 0 Å². The summed E-state index contributed by atoms with van der Waals surface area (Å²) in [5, 5.41) is 17.0. The number of nitrogens with zero attached hydrogens (tertiary/aromatic N) is 2. The average molecular weight is 195 g/mol. The Hall–Kier alpha value is -2.16. The molecule has 0 fully saturated rings. The van der Waals surface area contributed by atoms with Gasteiger partial charge in [0, 0.05) is 6.94 Å². The number of aliphatic carboxylic acids is 1. The smallest absolute Gasteiger partial charge is 0.323 e. The standard InChI is InChI=1S/C8H6N2O4/c1-4-5(2-9)8(14)10(7(4)13)3-6(11)12/h3H2,1H3,(H,11,12)/i1D. The Morgan fingerprint density at radius 3 is 2.64 bits per heavy atom. The van der Waals surface area contributed by atoms with E-state index in [4.69, 9.17) is 11.7 Å². The quantitative estimate of drug-likeness (QED) is 0.586. The number of hydrogen-bond acceptors (Lipinski definition) is 4. The summed E-state index contributed by atoms with van der Waals surface area (Å²) in [6, 6.07) is 1.50. The lowest BCUT2D eigenvalue weighted by molar-refractivity contribution is -0.147. The fraction of sp³-hybridized carbons (Fsp3) is 0.250. The Kier molecular flexibility index (Phi) is 1.99. The van der Waals surface area contributed by atoms with Crippen LogP contribution in [-0.2, 0) is 14.4 Å². The molecule has 0 saturated heterocycles. The summed E-state index contributed by atoms with van der Waals surface area (Å²) in [4.78, 5) is 33.5. The van der Waals surface area contributed by atoms with Crippen molar-refractivity contribution in [3.63, 3.8) is 0 Å². The molecule has 1 rings (SSSR count). The van der Waals surface area contributed by atoms with Crippen molar-refractivity contribution in [3.05, 3.63) is 11.1 Å². The van der Waals surface area contributed by atoms with Gasteiger partial charge in [-0.05, 0) is 6.90 Å². The summed E-state index contributed by atoms with van der Waals surface area (Å²) in [6.07, 6.45) is 0. The van der Waals surface area contributed by atoms with Crippen molar-refractivity contribution in [2.45, 2.75) is 6.90 Å². The molecule has 14 heavy (non-hydrogen) atoms. The molecule has 0 aromatic carbocycles. The Bertz CT molecular complexity index is 421. The lowest BCUT2D eigenvalue weighted by atomic mass is 10.2. The molecule has 0 atom stereocenters.